The third-order valence-electron chi connectivity index (χ3n) is 3.72. The van der Waals surface area contributed by atoms with E-state index in [1.165, 1.54) is 6.07 Å². The molecule has 0 radical (unpaired) electrons. The van der Waals surface area contributed by atoms with E-state index in [1.807, 2.05) is 32.0 Å². The van der Waals surface area contributed by atoms with Gasteiger partial charge in [-0.1, -0.05) is 29.4 Å². The fourth-order valence-electron chi connectivity index (χ4n) is 2.57. The quantitative estimate of drug-likeness (QED) is 0.584. The van der Waals surface area contributed by atoms with E-state index in [0.717, 1.165) is 22.4 Å². The second-order valence-corrected chi connectivity index (χ2v) is 5.56. The van der Waals surface area contributed by atoms with Crippen molar-refractivity contribution in [1.29, 1.82) is 0 Å². The fourth-order valence-corrected chi connectivity index (χ4v) is 2.57. The second-order valence-electron chi connectivity index (χ2n) is 5.56. The van der Waals surface area contributed by atoms with Gasteiger partial charge in [-0.25, -0.2) is 0 Å². The maximum absolute atomic E-state index is 11.3. The van der Waals surface area contributed by atoms with E-state index in [-0.39, 0.29) is 5.69 Å². The molecule has 0 saturated carbocycles. The van der Waals surface area contributed by atoms with Crippen molar-refractivity contribution in [3.05, 3.63) is 63.2 Å². The number of anilines is 2. The summed E-state index contributed by atoms with van der Waals surface area (Å²) in [4.78, 5) is 10.8. The second kappa shape index (κ2) is 6.07. The molecule has 0 bridgehead atoms. The van der Waals surface area contributed by atoms with Crippen LogP contribution in [0.3, 0.4) is 0 Å². The number of para-hydroxylation sites is 1. The van der Waals surface area contributed by atoms with Crippen LogP contribution in [0.4, 0.5) is 17.3 Å². The minimum Gasteiger partial charge on any atom is -0.317 e. The minimum absolute atomic E-state index is 0.0222. The van der Waals surface area contributed by atoms with Crippen molar-refractivity contribution >= 4 is 17.3 Å². The summed E-state index contributed by atoms with van der Waals surface area (Å²) >= 11 is 0. The lowest BCUT2D eigenvalue weighted by atomic mass is 10.1. The lowest BCUT2D eigenvalue weighted by molar-refractivity contribution is -0.384. The van der Waals surface area contributed by atoms with Crippen molar-refractivity contribution in [1.82, 2.24) is 20.2 Å². The summed E-state index contributed by atoms with van der Waals surface area (Å²) in [5.74, 6) is 0.319. The van der Waals surface area contributed by atoms with E-state index in [0.29, 0.717) is 11.6 Å². The summed E-state index contributed by atoms with van der Waals surface area (Å²) in [6, 6.07) is 10.8. The molecule has 0 fully saturated rings. The smallest absolute Gasteiger partial charge is 0.293 e. The highest BCUT2D eigenvalue weighted by atomic mass is 16.6. The number of hydrogen-bond acceptors (Lipinski definition) is 6. The molecule has 0 aliphatic carbocycles. The Hall–Kier alpha value is -3.29. The van der Waals surface area contributed by atoms with Crippen LogP contribution in [0, 0.1) is 30.9 Å². The number of nitrogens with zero attached hydrogens (tertiary/aromatic N) is 5. The summed E-state index contributed by atoms with van der Waals surface area (Å²) < 4.78 is 1.55. The predicted molar refractivity (Wildman–Crippen MR) is 89.7 cm³/mol. The van der Waals surface area contributed by atoms with Crippen molar-refractivity contribution in [3.8, 4) is 5.69 Å². The lowest BCUT2D eigenvalue weighted by Crippen LogP contribution is -2.07. The van der Waals surface area contributed by atoms with Gasteiger partial charge in [0, 0.05) is 6.07 Å². The maximum Gasteiger partial charge on any atom is 0.293 e. The largest absolute Gasteiger partial charge is 0.317 e. The van der Waals surface area contributed by atoms with Crippen molar-refractivity contribution in [2.45, 2.75) is 20.8 Å². The molecule has 0 unspecified atom stereocenters. The Bertz CT molecular complexity index is 898. The number of rotatable bonds is 4. The Morgan fingerprint density at radius 3 is 2.50 bits per heavy atom. The van der Waals surface area contributed by atoms with Gasteiger partial charge in [0.1, 0.15) is 5.69 Å². The molecule has 3 rings (SSSR count). The van der Waals surface area contributed by atoms with E-state index in [9.17, 15) is 10.1 Å². The van der Waals surface area contributed by atoms with E-state index in [2.05, 4.69) is 20.8 Å². The molecular formula is C16H16N6O2. The average molecular weight is 324 g/mol. The van der Waals surface area contributed by atoms with Gasteiger partial charge < -0.3 is 5.32 Å². The van der Waals surface area contributed by atoms with Gasteiger partial charge >= 0.3 is 0 Å². The van der Waals surface area contributed by atoms with Crippen LogP contribution >= 0.6 is 0 Å². The number of benzene rings is 2. The Labute approximate surface area is 138 Å². The minimum atomic E-state index is -0.428. The number of aromatic nitrogens is 4. The summed E-state index contributed by atoms with van der Waals surface area (Å²) in [6.07, 6.45) is 0. The first kappa shape index (κ1) is 15.6. The highest BCUT2D eigenvalue weighted by Crippen LogP contribution is 2.29. The zero-order valence-electron chi connectivity index (χ0n) is 13.5. The average Bonchev–Trinajstić information content (AvgIpc) is 2.97. The van der Waals surface area contributed by atoms with Crippen molar-refractivity contribution in [2.75, 3.05) is 5.32 Å². The van der Waals surface area contributed by atoms with E-state index >= 15 is 0 Å². The SMILES string of the molecule is Cc1ccc(Nc2nnnn2-c2c(C)cccc2C)c([N+](=O)[O-])c1. The molecule has 1 aromatic heterocycles. The van der Waals surface area contributed by atoms with Gasteiger partial charge in [0.15, 0.2) is 0 Å². The predicted octanol–water partition coefficient (Wildman–Crippen LogP) is 3.24. The molecule has 0 aliphatic heterocycles. The van der Waals surface area contributed by atoms with E-state index in [1.54, 1.807) is 23.7 Å². The van der Waals surface area contributed by atoms with Gasteiger partial charge in [-0.15, -0.1) is 0 Å². The van der Waals surface area contributed by atoms with Crippen LogP contribution in [0.1, 0.15) is 16.7 Å². The molecule has 8 nitrogen and oxygen atoms in total. The number of tetrazole rings is 1. The lowest BCUT2D eigenvalue weighted by Gasteiger charge is -2.12. The Morgan fingerprint density at radius 2 is 1.83 bits per heavy atom. The fraction of sp³-hybridized carbons (Fsp3) is 0.188. The highest BCUT2D eigenvalue weighted by Gasteiger charge is 2.18. The normalized spacial score (nSPS) is 10.6. The first-order valence-corrected chi connectivity index (χ1v) is 7.34. The Kier molecular flexibility index (Phi) is 3.95. The number of hydrogen-bond donors (Lipinski definition) is 1. The van der Waals surface area contributed by atoms with E-state index < -0.39 is 4.92 Å². The Morgan fingerprint density at radius 1 is 1.12 bits per heavy atom. The zero-order valence-corrected chi connectivity index (χ0v) is 13.5. The molecule has 0 spiro atoms. The molecule has 8 heteroatoms. The summed E-state index contributed by atoms with van der Waals surface area (Å²) in [6.45, 7) is 5.72. The molecule has 2 aromatic carbocycles. The molecule has 3 aromatic rings. The zero-order chi connectivity index (χ0) is 17.3. The van der Waals surface area contributed by atoms with Gasteiger partial charge in [0.2, 0.25) is 0 Å². The number of nitro benzene ring substituents is 1. The van der Waals surface area contributed by atoms with Gasteiger partial charge in [0.25, 0.3) is 11.6 Å². The van der Waals surface area contributed by atoms with Gasteiger partial charge in [-0.3, -0.25) is 10.1 Å². The first-order valence-electron chi connectivity index (χ1n) is 7.34. The van der Waals surface area contributed by atoms with Gasteiger partial charge in [-0.05, 0) is 54.0 Å². The summed E-state index contributed by atoms with van der Waals surface area (Å²) in [5.41, 5.74) is 3.98. The molecule has 0 saturated heterocycles. The standard InChI is InChI=1S/C16H16N6O2/c1-10-7-8-13(14(9-10)22(23)24)17-16-18-19-20-21(16)15-11(2)5-4-6-12(15)3/h4-9H,1-3H3,(H,17,18,20). The van der Waals surface area contributed by atoms with Crippen LogP contribution in [0.25, 0.3) is 5.69 Å². The van der Waals surface area contributed by atoms with Crippen LogP contribution in [-0.2, 0) is 0 Å². The summed E-state index contributed by atoms with van der Waals surface area (Å²) in [7, 11) is 0. The number of aryl methyl sites for hydroxylation is 3. The molecular weight excluding hydrogens is 308 g/mol. The summed E-state index contributed by atoms with van der Waals surface area (Å²) in [5, 5.41) is 25.9. The van der Waals surface area contributed by atoms with Gasteiger partial charge in [-0.2, -0.15) is 4.68 Å². The monoisotopic (exact) mass is 324 g/mol. The van der Waals surface area contributed by atoms with Gasteiger partial charge in [0.05, 0.1) is 10.6 Å². The molecule has 1 heterocycles. The van der Waals surface area contributed by atoms with Crippen molar-refractivity contribution < 1.29 is 4.92 Å². The first-order chi connectivity index (χ1) is 11.5. The molecule has 1 N–H and O–H groups in total. The van der Waals surface area contributed by atoms with Crippen molar-refractivity contribution in [3.63, 3.8) is 0 Å². The van der Waals surface area contributed by atoms with Crippen molar-refractivity contribution in [2.24, 2.45) is 0 Å². The van der Waals surface area contributed by atoms with Crippen LogP contribution in [0.2, 0.25) is 0 Å². The van der Waals surface area contributed by atoms with Crippen LogP contribution in [-0.4, -0.2) is 25.1 Å². The highest BCUT2D eigenvalue weighted by molar-refractivity contribution is 5.68. The number of nitro groups is 1. The number of nitrogens with one attached hydrogen (secondary N) is 1. The molecule has 24 heavy (non-hydrogen) atoms. The van der Waals surface area contributed by atoms with E-state index in [4.69, 9.17) is 0 Å². The molecule has 0 atom stereocenters. The molecule has 122 valence electrons. The molecule has 0 aliphatic rings. The topological polar surface area (TPSA) is 98.8 Å². The van der Waals surface area contributed by atoms with Crippen LogP contribution in [0.5, 0.6) is 0 Å². The van der Waals surface area contributed by atoms with Crippen LogP contribution < -0.4 is 5.32 Å². The Balaban J connectivity index is 2.06. The van der Waals surface area contributed by atoms with Crippen LogP contribution in [0.15, 0.2) is 36.4 Å². The third-order valence-corrected chi connectivity index (χ3v) is 3.72. The maximum atomic E-state index is 11.3. The third kappa shape index (κ3) is 2.81. The molecule has 0 amide bonds.